The molecular weight excluding hydrogens is 354 g/mol. The van der Waals surface area contributed by atoms with Crippen molar-refractivity contribution in [3.8, 4) is 5.75 Å². The quantitative estimate of drug-likeness (QED) is 0.418. The summed E-state index contributed by atoms with van der Waals surface area (Å²) in [6, 6.07) is 7.87. The van der Waals surface area contributed by atoms with Gasteiger partial charge in [0.05, 0.1) is 5.71 Å². The standard InChI is InChI=1S/C19H22F2N4O2/c1-24-17(4-5-22)16-11-15(2-3-18(16)27-7-6-23)25-19(26)12-8-13(20)10-14(21)9-12/h2-5,8-11,19,25-26H,6-7,22-23H2,1H3. The van der Waals surface area contributed by atoms with Gasteiger partial charge in [-0.05, 0) is 42.6 Å². The summed E-state index contributed by atoms with van der Waals surface area (Å²) in [4.78, 5) is 4.17. The van der Waals surface area contributed by atoms with E-state index in [1.807, 2.05) is 0 Å². The SMILES string of the molecule is CN=C(C=CN)c1cc(NC(O)c2cc(F)cc(F)c2)ccc1OCCN. The van der Waals surface area contributed by atoms with E-state index in [1.54, 1.807) is 31.3 Å². The number of benzene rings is 2. The van der Waals surface area contributed by atoms with Gasteiger partial charge < -0.3 is 26.6 Å². The largest absolute Gasteiger partial charge is 0.492 e. The van der Waals surface area contributed by atoms with Gasteiger partial charge in [-0.2, -0.15) is 0 Å². The summed E-state index contributed by atoms with van der Waals surface area (Å²) in [5, 5.41) is 13.1. The smallest absolute Gasteiger partial charge is 0.151 e. The number of anilines is 1. The summed E-state index contributed by atoms with van der Waals surface area (Å²) in [5.74, 6) is -1.01. The Balaban J connectivity index is 2.34. The van der Waals surface area contributed by atoms with E-state index in [0.29, 0.717) is 35.9 Å². The summed E-state index contributed by atoms with van der Waals surface area (Å²) >= 11 is 0. The molecule has 0 spiro atoms. The molecule has 6 nitrogen and oxygen atoms in total. The molecule has 0 saturated carbocycles. The molecule has 1 atom stereocenters. The predicted molar refractivity (Wildman–Crippen MR) is 102 cm³/mol. The summed E-state index contributed by atoms with van der Waals surface area (Å²) in [6.07, 6.45) is 1.64. The molecule has 0 aromatic heterocycles. The van der Waals surface area contributed by atoms with Gasteiger partial charge in [0.2, 0.25) is 0 Å². The normalized spacial score (nSPS) is 13.0. The third-order valence-electron chi connectivity index (χ3n) is 3.63. The molecule has 0 radical (unpaired) electrons. The molecule has 2 aromatic rings. The second-order valence-electron chi connectivity index (χ2n) is 5.57. The summed E-state index contributed by atoms with van der Waals surface area (Å²) in [5.41, 5.74) is 12.7. The van der Waals surface area contributed by atoms with Crippen LogP contribution in [0.15, 0.2) is 53.7 Å². The van der Waals surface area contributed by atoms with E-state index in [2.05, 4.69) is 10.3 Å². The maximum absolute atomic E-state index is 13.4. The van der Waals surface area contributed by atoms with Crippen LogP contribution in [0.4, 0.5) is 14.5 Å². The molecule has 144 valence electrons. The molecule has 0 aliphatic heterocycles. The van der Waals surface area contributed by atoms with Crippen LogP contribution in [0, 0.1) is 11.6 Å². The lowest BCUT2D eigenvalue weighted by Gasteiger charge is -2.17. The molecule has 0 aliphatic carbocycles. The lowest BCUT2D eigenvalue weighted by Crippen LogP contribution is -2.14. The van der Waals surface area contributed by atoms with Crippen molar-refractivity contribution in [1.29, 1.82) is 0 Å². The first-order chi connectivity index (χ1) is 13.0. The van der Waals surface area contributed by atoms with Crippen molar-refractivity contribution in [1.82, 2.24) is 0 Å². The lowest BCUT2D eigenvalue weighted by molar-refractivity contribution is 0.207. The van der Waals surface area contributed by atoms with Crippen LogP contribution >= 0.6 is 0 Å². The van der Waals surface area contributed by atoms with Gasteiger partial charge in [-0.15, -0.1) is 0 Å². The molecule has 2 aromatic carbocycles. The number of halogens is 2. The van der Waals surface area contributed by atoms with E-state index >= 15 is 0 Å². The molecule has 0 aliphatic rings. The fraction of sp³-hybridized carbons (Fsp3) is 0.211. The number of nitrogens with two attached hydrogens (primary N) is 2. The highest BCUT2D eigenvalue weighted by atomic mass is 19.1. The second kappa shape index (κ2) is 9.65. The first kappa shape index (κ1) is 20.3. The zero-order chi connectivity index (χ0) is 19.8. The Labute approximate surface area is 156 Å². The zero-order valence-electron chi connectivity index (χ0n) is 14.8. The van der Waals surface area contributed by atoms with Crippen LogP contribution in [0.3, 0.4) is 0 Å². The highest BCUT2D eigenvalue weighted by molar-refractivity contribution is 6.11. The van der Waals surface area contributed by atoms with Crippen molar-refractivity contribution >= 4 is 11.4 Å². The number of nitrogens with one attached hydrogen (secondary N) is 1. The number of aliphatic imine (C=N–C) groups is 1. The molecular formula is C19H22F2N4O2. The Bertz CT molecular complexity index is 820. The van der Waals surface area contributed by atoms with Crippen LogP contribution < -0.4 is 21.5 Å². The molecule has 0 fully saturated rings. The van der Waals surface area contributed by atoms with Crippen molar-refractivity contribution in [3.05, 3.63) is 71.4 Å². The minimum Gasteiger partial charge on any atom is -0.492 e. The predicted octanol–water partition coefficient (Wildman–Crippen LogP) is 2.30. The van der Waals surface area contributed by atoms with Crippen molar-refractivity contribution in [2.24, 2.45) is 16.5 Å². The van der Waals surface area contributed by atoms with E-state index in [-0.39, 0.29) is 5.56 Å². The average molecular weight is 376 g/mol. The Morgan fingerprint density at radius 3 is 2.56 bits per heavy atom. The molecule has 0 amide bonds. The van der Waals surface area contributed by atoms with Crippen molar-refractivity contribution in [2.45, 2.75) is 6.23 Å². The highest BCUT2D eigenvalue weighted by Gasteiger charge is 2.14. The number of ether oxygens (including phenoxy) is 1. The minimum absolute atomic E-state index is 0.0590. The monoisotopic (exact) mass is 376 g/mol. The topological polar surface area (TPSA) is 106 Å². The third kappa shape index (κ3) is 5.50. The van der Waals surface area contributed by atoms with Gasteiger partial charge in [0.25, 0.3) is 0 Å². The number of allylic oxidation sites excluding steroid dienone is 1. The van der Waals surface area contributed by atoms with Crippen LogP contribution in [-0.2, 0) is 0 Å². The first-order valence-corrected chi connectivity index (χ1v) is 8.21. The molecule has 0 bridgehead atoms. The number of hydrogen-bond acceptors (Lipinski definition) is 6. The van der Waals surface area contributed by atoms with Crippen molar-refractivity contribution in [2.75, 3.05) is 25.5 Å². The maximum Gasteiger partial charge on any atom is 0.151 e. The molecule has 27 heavy (non-hydrogen) atoms. The molecule has 6 N–H and O–H groups in total. The zero-order valence-corrected chi connectivity index (χ0v) is 14.8. The number of aliphatic hydroxyl groups excluding tert-OH is 1. The van der Waals surface area contributed by atoms with Crippen LogP contribution in [0.5, 0.6) is 5.75 Å². The number of rotatable bonds is 8. The third-order valence-corrected chi connectivity index (χ3v) is 3.63. The van der Waals surface area contributed by atoms with Crippen LogP contribution in [0.1, 0.15) is 17.4 Å². The number of aliphatic hydroxyl groups is 1. The van der Waals surface area contributed by atoms with Crippen LogP contribution in [0.2, 0.25) is 0 Å². The van der Waals surface area contributed by atoms with Gasteiger partial charge >= 0.3 is 0 Å². The van der Waals surface area contributed by atoms with Gasteiger partial charge in [0.1, 0.15) is 24.0 Å². The summed E-state index contributed by atoms with van der Waals surface area (Å²) in [7, 11) is 1.60. The molecule has 2 rings (SSSR count). The van der Waals surface area contributed by atoms with E-state index in [1.165, 1.54) is 6.20 Å². The first-order valence-electron chi connectivity index (χ1n) is 8.21. The molecule has 8 heteroatoms. The van der Waals surface area contributed by atoms with Gasteiger partial charge in [-0.1, -0.05) is 0 Å². The van der Waals surface area contributed by atoms with Crippen molar-refractivity contribution in [3.63, 3.8) is 0 Å². The summed E-state index contributed by atoms with van der Waals surface area (Å²) in [6.45, 7) is 0.656. The number of nitrogens with zero attached hydrogens (tertiary/aromatic N) is 1. The lowest BCUT2D eigenvalue weighted by atomic mass is 10.1. The Morgan fingerprint density at radius 1 is 1.26 bits per heavy atom. The van der Waals surface area contributed by atoms with E-state index in [4.69, 9.17) is 16.2 Å². The van der Waals surface area contributed by atoms with Crippen molar-refractivity contribution < 1.29 is 18.6 Å². The Morgan fingerprint density at radius 2 is 1.96 bits per heavy atom. The van der Waals surface area contributed by atoms with Gasteiger partial charge in [0.15, 0.2) is 6.23 Å². The van der Waals surface area contributed by atoms with Gasteiger partial charge in [0, 0.05) is 36.5 Å². The Hall–Kier alpha value is -2.97. The van der Waals surface area contributed by atoms with E-state index < -0.39 is 17.9 Å². The Kier molecular flexibility index (Phi) is 7.27. The fourth-order valence-corrected chi connectivity index (χ4v) is 2.46. The second-order valence-corrected chi connectivity index (χ2v) is 5.57. The fourth-order valence-electron chi connectivity index (χ4n) is 2.46. The molecule has 0 heterocycles. The van der Waals surface area contributed by atoms with E-state index in [9.17, 15) is 13.9 Å². The summed E-state index contributed by atoms with van der Waals surface area (Å²) < 4.78 is 32.3. The van der Waals surface area contributed by atoms with E-state index in [0.717, 1.165) is 18.2 Å². The highest BCUT2D eigenvalue weighted by Crippen LogP contribution is 2.27. The molecule has 1 unspecified atom stereocenters. The van der Waals surface area contributed by atoms with Crippen LogP contribution in [-0.4, -0.2) is 31.0 Å². The van der Waals surface area contributed by atoms with Gasteiger partial charge in [-0.3, -0.25) is 4.99 Å². The molecule has 0 saturated heterocycles. The van der Waals surface area contributed by atoms with Crippen LogP contribution in [0.25, 0.3) is 0 Å². The average Bonchev–Trinajstić information content (AvgIpc) is 2.64. The number of hydrogen-bond donors (Lipinski definition) is 4. The minimum atomic E-state index is -1.31. The van der Waals surface area contributed by atoms with Gasteiger partial charge in [-0.25, -0.2) is 8.78 Å². The maximum atomic E-state index is 13.4.